The number of hydrogen-bond donors (Lipinski definition) is 0. The number of benzene rings is 1. The second-order valence-electron chi connectivity index (χ2n) is 5.15. The molecule has 2 saturated carbocycles. The molecule has 91 valence electrons. The Morgan fingerprint density at radius 3 is 2.71 bits per heavy atom. The molecule has 0 amide bonds. The third kappa shape index (κ3) is 2.93. The lowest BCUT2D eigenvalue weighted by Gasteiger charge is -2.16. The molecular weight excluding hydrogens is 212 g/mol. The minimum absolute atomic E-state index is 0.390. The van der Waals surface area contributed by atoms with Gasteiger partial charge >= 0.3 is 0 Å². The van der Waals surface area contributed by atoms with Gasteiger partial charge in [-0.2, -0.15) is 0 Å². The second-order valence-corrected chi connectivity index (χ2v) is 5.15. The molecule has 2 aliphatic rings. The summed E-state index contributed by atoms with van der Waals surface area (Å²) in [6.45, 7) is 0.832. The summed E-state index contributed by atoms with van der Waals surface area (Å²) in [5, 5.41) is 0. The molecule has 2 fully saturated rings. The van der Waals surface area contributed by atoms with Crippen LogP contribution >= 0.6 is 0 Å². The van der Waals surface area contributed by atoms with Crippen LogP contribution in [0, 0.1) is 12.0 Å². The van der Waals surface area contributed by atoms with E-state index >= 15 is 0 Å². The predicted molar refractivity (Wildman–Crippen MR) is 66.4 cm³/mol. The molecule has 0 aromatic heterocycles. The molecule has 0 saturated heterocycles. The summed E-state index contributed by atoms with van der Waals surface area (Å²) in [6.07, 6.45) is 7.97. The number of hydrogen-bond acceptors (Lipinski definition) is 2. The van der Waals surface area contributed by atoms with Crippen LogP contribution in [0.2, 0.25) is 0 Å². The van der Waals surface area contributed by atoms with Crippen molar-refractivity contribution < 1.29 is 9.47 Å². The Labute approximate surface area is 103 Å². The Bertz CT molecular complexity index is 365. The highest BCUT2D eigenvalue weighted by atomic mass is 16.5. The minimum Gasteiger partial charge on any atom is -0.489 e. The van der Waals surface area contributed by atoms with Crippen molar-refractivity contribution in [2.75, 3.05) is 6.61 Å². The Balaban J connectivity index is 1.63. The fraction of sp³-hybridized carbons (Fsp3) is 0.600. The summed E-state index contributed by atoms with van der Waals surface area (Å²) >= 11 is 0. The summed E-state index contributed by atoms with van der Waals surface area (Å²) in [4.78, 5) is 0. The lowest BCUT2D eigenvalue weighted by molar-refractivity contribution is 0.193. The summed E-state index contributed by atoms with van der Waals surface area (Å²) in [6, 6.07) is 8.83. The van der Waals surface area contributed by atoms with E-state index in [9.17, 15) is 0 Å². The van der Waals surface area contributed by atoms with Crippen molar-refractivity contribution >= 4 is 0 Å². The van der Waals surface area contributed by atoms with E-state index in [2.05, 4.69) is 6.07 Å². The van der Waals surface area contributed by atoms with Crippen LogP contribution in [-0.4, -0.2) is 12.7 Å². The van der Waals surface area contributed by atoms with Gasteiger partial charge in [-0.1, -0.05) is 6.07 Å². The Kier molecular flexibility index (Phi) is 3.21. The van der Waals surface area contributed by atoms with Gasteiger partial charge in [-0.15, -0.1) is 0 Å². The SMILES string of the molecule is [c]1ccc(OC2CCCC2)c(OCC2CC2)c1. The maximum atomic E-state index is 6.01. The van der Waals surface area contributed by atoms with Gasteiger partial charge in [0.1, 0.15) is 0 Å². The van der Waals surface area contributed by atoms with Crippen molar-refractivity contribution in [3.05, 3.63) is 24.3 Å². The van der Waals surface area contributed by atoms with Gasteiger partial charge in [0.2, 0.25) is 0 Å². The summed E-state index contributed by atoms with van der Waals surface area (Å²) in [7, 11) is 0. The molecule has 0 aliphatic heterocycles. The first-order valence-corrected chi connectivity index (χ1v) is 6.71. The first-order valence-electron chi connectivity index (χ1n) is 6.71. The molecule has 0 spiro atoms. The highest BCUT2D eigenvalue weighted by Crippen LogP contribution is 2.34. The topological polar surface area (TPSA) is 18.5 Å². The summed E-state index contributed by atoms with van der Waals surface area (Å²) in [5.74, 6) is 2.54. The van der Waals surface area contributed by atoms with Crippen LogP contribution in [-0.2, 0) is 0 Å². The number of rotatable bonds is 5. The van der Waals surface area contributed by atoms with E-state index < -0.39 is 0 Å². The van der Waals surface area contributed by atoms with E-state index in [4.69, 9.17) is 9.47 Å². The molecule has 0 N–H and O–H groups in total. The van der Waals surface area contributed by atoms with E-state index in [1.165, 1.54) is 38.5 Å². The molecule has 1 aromatic rings. The van der Waals surface area contributed by atoms with Gasteiger partial charge in [0.25, 0.3) is 0 Å². The van der Waals surface area contributed by atoms with Crippen molar-refractivity contribution in [3.8, 4) is 11.5 Å². The highest BCUT2D eigenvalue weighted by Gasteiger charge is 2.23. The average molecular weight is 231 g/mol. The van der Waals surface area contributed by atoms with Crippen LogP contribution in [0.4, 0.5) is 0 Å². The lowest BCUT2D eigenvalue weighted by atomic mass is 10.3. The van der Waals surface area contributed by atoms with Gasteiger partial charge in [0.05, 0.1) is 12.7 Å². The predicted octanol–water partition coefficient (Wildman–Crippen LogP) is 3.60. The fourth-order valence-electron chi connectivity index (χ4n) is 2.29. The quantitative estimate of drug-likeness (QED) is 0.771. The first kappa shape index (κ1) is 10.9. The lowest BCUT2D eigenvalue weighted by Crippen LogP contribution is -2.12. The Hall–Kier alpha value is -1.18. The summed E-state index contributed by atoms with van der Waals surface area (Å²) in [5.41, 5.74) is 0. The summed E-state index contributed by atoms with van der Waals surface area (Å²) < 4.78 is 11.8. The van der Waals surface area contributed by atoms with E-state index in [0.29, 0.717) is 6.10 Å². The smallest absolute Gasteiger partial charge is 0.161 e. The van der Waals surface area contributed by atoms with Gasteiger partial charge < -0.3 is 9.47 Å². The zero-order chi connectivity index (χ0) is 11.5. The monoisotopic (exact) mass is 231 g/mol. The van der Waals surface area contributed by atoms with E-state index in [1.807, 2.05) is 18.2 Å². The molecule has 0 atom stereocenters. The highest BCUT2D eigenvalue weighted by molar-refractivity contribution is 5.39. The van der Waals surface area contributed by atoms with Gasteiger partial charge in [-0.25, -0.2) is 0 Å². The van der Waals surface area contributed by atoms with E-state index in [0.717, 1.165) is 24.0 Å². The molecule has 2 nitrogen and oxygen atoms in total. The second kappa shape index (κ2) is 4.99. The van der Waals surface area contributed by atoms with Gasteiger partial charge in [-0.05, 0) is 62.6 Å². The molecular formula is C15H19O2. The van der Waals surface area contributed by atoms with Crippen molar-refractivity contribution in [1.29, 1.82) is 0 Å². The molecule has 1 aromatic carbocycles. The van der Waals surface area contributed by atoms with Gasteiger partial charge in [-0.3, -0.25) is 0 Å². The van der Waals surface area contributed by atoms with Crippen LogP contribution in [0.3, 0.4) is 0 Å². The molecule has 0 unspecified atom stereocenters. The fourth-order valence-corrected chi connectivity index (χ4v) is 2.29. The molecule has 17 heavy (non-hydrogen) atoms. The maximum Gasteiger partial charge on any atom is 0.161 e. The van der Waals surface area contributed by atoms with Crippen LogP contribution in [0.15, 0.2) is 18.2 Å². The molecule has 3 rings (SSSR count). The van der Waals surface area contributed by atoms with Crippen molar-refractivity contribution in [2.24, 2.45) is 5.92 Å². The van der Waals surface area contributed by atoms with Crippen LogP contribution in [0.1, 0.15) is 38.5 Å². The van der Waals surface area contributed by atoms with Crippen molar-refractivity contribution in [1.82, 2.24) is 0 Å². The van der Waals surface area contributed by atoms with Crippen LogP contribution in [0.25, 0.3) is 0 Å². The average Bonchev–Trinajstić information content (AvgIpc) is 3.05. The van der Waals surface area contributed by atoms with E-state index in [1.54, 1.807) is 0 Å². The van der Waals surface area contributed by atoms with Crippen LogP contribution < -0.4 is 9.47 Å². The van der Waals surface area contributed by atoms with Crippen molar-refractivity contribution in [3.63, 3.8) is 0 Å². The van der Waals surface area contributed by atoms with Crippen molar-refractivity contribution in [2.45, 2.75) is 44.6 Å². The number of ether oxygens (including phenoxy) is 2. The van der Waals surface area contributed by atoms with E-state index in [-0.39, 0.29) is 0 Å². The minimum atomic E-state index is 0.390. The molecule has 1 radical (unpaired) electrons. The molecule has 2 aliphatic carbocycles. The van der Waals surface area contributed by atoms with Gasteiger partial charge in [0, 0.05) is 0 Å². The zero-order valence-corrected chi connectivity index (χ0v) is 10.2. The molecule has 0 heterocycles. The standard InChI is InChI=1S/C15H19O2/c1-2-6-13(5-1)17-15-8-4-3-7-14(15)16-11-12-9-10-12/h4,7-8,12-13H,1-2,5-6,9-11H2. The third-order valence-corrected chi connectivity index (χ3v) is 3.56. The Morgan fingerprint density at radius 1 is 1.12 bits per heavy atom. The molecule has 2 heteroatoms. The normalized spacial score (nSPS) is 20.5. The third-order valence-electron chi connectivity index (χ3n) is 3.56. The van der Waals surface area contributed by atoms with Gasteiger partial charge in [0.15, 0.2) is 11.5 Å². The molecule has 0 bridgehead atoms. The zero-order valence-electron chi connectivity index (χ0n) is 10.2. The van der Waals surface area contributed by atoms with Crippen LogP contribution in [0.5, 0.6) is 11.5 Å². The maximum absolute atomic E-state index is 6.01. The first-order chi connectivity index (χ1) is 8.42. The largest absolute Gasteiger partial charge is 0.489 e. The Morgan fingerprint density at radius 2 is 1.94 bits per heavy atom.